The summed E-state index contributed by atoms with van der Waals surface area (Å²) in [6.45, 7) is 0. The number of para-hydroxylation sites is 1. The minimum atomic E-state index is -0.544. The Kier molecular flexibility index (Phi) is 3.52. The fourth-order valence-corrected chi connectivity index (χ4v) is 3.42. The van der Waals surface area contributed by atoms with Gasteiger partial charge in [-0.25, -0.2) is 0 Å². The normalized spacial score (nSPS) is 17.7. The molecule has 1 aromatic heterocycles. The molecule has 1 N–H and O–H groups in total. The molecule has 0 atom stereocenters. The van der Waals surface area contributed by atoms with Crippen molar-refractivity contribution in [1.82, 2.24) is 20.2 Å². The van der Waals surface area contributed by atoms with Crippen molar-refractivity contribution in [2.45, 2.75) is 36.4 Å². The minimum Gasteiger partial charge on any atom is -0.389 e. The Morgan fingerprint density at radius 3 is 2.68 bits per heavy atom. The van der Waals surface area contributed by atoms with Gasteiger partial charge in [0.25, 0.3) is 0 Å². The quantitative estimate of drug-likeness (QED) is 0.866. The predicted molar refractivity (Wildman–Crippen MR) is 73.3 cm³/mol. The van der Waals surface area contributed by atoms with Gasteiger partial charge in [-0.3, -0.25) is 0 Å². The first-order valence-corrected chi connectivity index (χ1v) is 7.44. The number of benzene rings is 1. The zero-order valence-corrected chi connectivity index (χ0v) is 11.4. The highest BCUT2D eigenvalue weighted by Gasteiger charge is 2.31. The zero-order chi connectivity index (χ0) is 13.1. The zero-order valence-electron chi connectivity index (χ0n) is 10.6. The Morgan fingerprint density at radius 1 is 1.21 bits per heavy atom. The number of aromatic nitrogens is 4. The van der Waals surface area contributed by atoms with Crippen LogP contribution in [-0.4, -0.2) is 36.7 Å². The Labute approximate surface area is 116 Å². The monoisotopic (exact) mass is 276 g/mol. The highest BCUT2D eigenvalue weighted by Crippen LogP contribution is 2.34. The second-order valence-corrected chi connectivity index (χ2v) is 5.87. The van der Waals surface area contributed by atoms with Crippen LogP contribution in [0.5, 0.6) is 0 Å². The van der Waals surface area contributed by atoms with Crippen molar-refractivity contribution in [2.24, 2.45) is 0 Å². The molecule has 6 heteroatoms. The van der Waals surface area contributed by atoms with Gasteiger partial charge < -0.3 is 5.11 Å². The highest BCUT2D eigenvalue weighted by atomic mass is 32.2. The van der Waals surface area contributed by atoms with Crippen LogP contribution in [0.25, 0.3) is 5.69 Å². The Balaban J connectivity index is 1.74. The molecule has 1 aliphatic rings. The standard InChI is InChI=1S/C13H16N4OS/c18-13(8-4-5-9-13)10-19-12-14-15-16-17(12)11-6-2-1-3-7-11/h1-3,6-7,18H,4-5,8-10H2. The minimum absolute atomic E-state index is 0.544. The lowest BCUT2D eigenvalue weighted by Gasteiger charge is -2.20. The van der Waals surface area contributed by atoms with Gasteiger partial charge in [0.05, 0.1) is 11.3 Å². The third-order valence-corrected chi connectivity index (χ3v) is 4.64. The molecule has 1 saturated carbocycles. The molecular weight excluding hydrogens is 260 g/mol. The van der Waals surface area contributed by atoms with Gasteiger partial charge in [0.2, 0.25) is 5.16 Å². The number of hydrogen-bond donors (Lipinski definition) is 1. The SMILES string of the molecule is OC1(CSc2nnnn2-c2ccccc2)CCCC1. The summed E-state index contributed by atoms with van der Waals surface area (Å²) in [7, 11) is 0. The molecule has 0 unspecified atom stereocenters. The van der Waals surface area contributed by atoms with Crippen molar-refractivity contribution in [2.75, 3.05) is 5.75 Å². The van der Waals surface area contributed by atoms with Crippen LogP contribution in [0.15, 0.2) is 35.5 Å². The van der Waals surface area contributed by atoms with Crippen molar-refractivity contribution in [3.05, 3.63) is 30.3 Å². The molecule has 1 aliphatic carbocycles. The second kappa shape index (κ2) is 5.30. The fourth-order valence-electron chi connectivity index (χ4n) is 2.38. The smallest absolute Gasteiger partial charge is 0.214 e. The molecule has 1 heterocycles. The van der Waals surface area contributed by atoms with Crippen molar-refractivity contribution < 1.29 is 5.11 Å². The predicted octanol–water partition coefficient (Wildman–Crippen LogP) is 2.06. The molecule has 1 aromatic carbocycles. The summed E-state index contributed by atoms with van der Waals surface area (Å²) in [6.07, 6.45) is 3.99. The molecule has 0 spiro atoms. The van der Waals surface area contributed by atoms with Crippen molar-refractivity contribution in [1.29, 1.82) is 0 Å². The molecule has 0 radical (unpaired) electrons. The van der Waals surface area contributed by atoms with Crippen LogP contribution in [0.2, 0.25) is 0 Å². The molecule has 1 fully saturated rings. The number of tetrazole rings is 1. The molecule has 19 heavy (non-hydrogen) atoms. The maximum absolute atomic E-state index is 10.4. The van der Waals surface area contributed by atoms with Crippen molar-refractivity contribution in [3.8, 4) is 5.69 Å². The fraction of sp³-hybridized carbons (Fsp3) is 0.462. The largest absolute Gasteiger partial charge is 0.389 e. The first kappa shape index (κ1) is 12.6. The van der Waals surface area contributed by atoms with Gasteiger partial charge in [-0.1, -0.05) is 42.8 Å². The number of thioether (sulfide) groups is 1. The van der Waals surface area contributed by atoms with Crippen molar-refractivity contribution >= 4 is 11.8 Å². The summed E-state index contributed by atoms with van der Waals surface area (Å²) in [4.78, 5) is 0. The van der Waals surface area contributed by atoms with Crippen molar-refractivity contribution in [3.63, 3.8) is 0 Å². The summed E-state index contributed by atoms with van der Waals surface area (Å²) < 4.78 is 1.71. The number of hydrogen-bond acceptors (Lipinski definition) is 5. The topological polar surface area (TPSA) is 63.8 Å². The van der Waals surface area contributed by atoms with E-state index in [1.54, 1.807) is 4.68 Å². The second-order valence-electron chi connectivity index (χ2n) is 4.93. The van der Waals surface area contributed by atoms with Crippen LogP contribution >= 0.6 is 11.8 Å². The highest BCUT2D eigenvalue weighted by molar-refractivity contribution is 7.99. The molecule has 0 saturated heterocycles. The van der Waals surface area contributed by atoms with Gasteiger partial charge in [-0.15, -0.1) is 5.10 Å². The Morgan fingerprint density at radius 2 is 1.95 bits per heavy atom. The first-order valence-electron chi connectivity index (χ1n) is 6.46. The summed E-state index contributed by atoms with van der Waals surface area (Å²) in [6, 6.07) is 9.79. The van der Waals surface area contributed by atoms with Gasteiger partial charge >= 0.3 is 0 Å². The average molecular weight is 276 g/mol. The number of nitrogens with zero attached hydrogens (tertiary/aromatic N) is 4. The van der Waals surface area contributed by atoms with E-state index in [-0.39, 0.29) is 0 Å². The van der Waals surface area contributed by atoms with E-state index >= 15 is 0 Å². The van der Waals surface area contributed by atoms with Crippen LogP contribution in [0.1, 0.15) is 25.7 Å². The first-order chi connectivity index (χ1) is 9.27. The van der Waals surface area contributed by atoms with Gasteiger partial charge in [0, 0.05) is 5.75 Å². The van der Waals surface area contributed by atoms with Gasteiger partial charge in [0.1, 0.15) is 0 Å². The van der Waals surface area contributed by atoms with Gasteiger partial charge in [-0.2, -0.15) is 4.68 Å². The molecule has 3 rings (SSSR count). The molecule has 100 valence electrons. The van der Waals surface area contributed by atoms with Crippen LogP contribution < -0.4 is 0 Å². The summed E-state index contributed by atoms with van der Waals surface area (Å²) in [5, 5.41) is 22.9. The van der Waals surface area contributed by atoms with E-state index < -0.39 is 5.60 Å². The average Bonchev–Trinajstić information content (AvgIpc) is 3.07. The van der Waals surface area contributed by atoms with E-state index in [0.29, 0.717) is 5.75 Å². The van der Waals surface area contributed by atoms with E-state index in [9.17, 15) is 5.11 Å². The van der Waals surface area contributed by atoms with E-state index in [1.807, 2.05) is 30.3 Å². The maximum atomic E-state index is 10.4. The Hall–Kier alpha value is -1.40. The van der Waals surface area contributed by atoms with E-state index in [0.717, 1.165) is 36.5 Å². The molecule has 2 aromatic rings. The van der Waals surface area contributed by atoms with Gasteiger partial charge in [-0.05, 0) is 35.4 Å². The molecule has 0 amide bonds. The maximum Gasteiger partial charge on any atom is 0.214 e. The third-order valence-electron chi connectivity index (χ3n) is 3.45. The molecule has 5 nitrogen and oxygen atoms in total. The van der Waals surface area contributed by atoms with E-state index in [2.05, 4.69) is 15.5 Å². The summed E-state index contributed by atoms with van der Waals surface area (Å²) in [5.74, 6) is 0.653. The number of aliphatic hydroxyl groups is 1. The Bertz CT molecular complexity index is 537. The van der Waals surface area contributed by atoms with E-state index in [1.165, 1.54) is 11.8 Å². The van der Waals surface area contributed by atoms with Crippen LogP contribution in [-0.2, 0) is 0 Å². The van der Waals surface area contributed by atoms with E-state index in [4.69, 9.17) is 0 Å². The molecule has 0 aliphatic heterocycles. The lowest BCUT2D eigenvalue weighted by Crippen LogP contribution is -2.27. The number of rotatable bonds is 4. The lowest BCUT2D eigenvalue weighted by atomic mass is 10.1. The summed E-state index contributed by atoms with van der Waals surface area (Å²) >= 11 is 1.52. The van der Waals surface area contributed by atoms with Crippen LogP contribution in [0.3, 0.4) is 0 Å². The lowest BCUT2D eigenvalue weighted by molar-refractivity contribution is 0.0732. The third kappa shape index (κ3) is 2.79. The van der Waals surface area contributed by atoms with Gasteiger partial charge in [0.15, 0.2) is 0 Å². The van der Waals surface area contributed by atoms with Crippen LogP contribution in [0.4, 0.5) is 0 Å². The molecular formula is C13H16N4OS. The molecule has 0 bridgehead atoms. The summed E-state index contributed by atoms with van der Waals surface area (Å²) in [5.41, 5.74) is 0.395. The van der Waals surface area contributed by atoms with Crippen LogP contribution in [0, 0.1) is 0 Å².